The molecule has 0 aliphatic carbocycles. The number of hydrogen-bond acceptors (Lipinski definition) is 11. The number of benzene rings is 2. The van der Waals surface area contributed by atoms with Gasteiger partial charge in [0.2, 0.25) is 0 Å². The second-order valence-electron chi connectivity index (χ2n) is 14.9. The summed E-state index contributed by atoms with van der Waals surface area (Å²) in [5.41, 5.74) is 0.473. The first-order valence-electron chi connectivity index (χ1n) is 18.9. The molecule has 6 rings (SSSR count). The Morgan fingerprint density at radius 3 is 1.42 bits per heavy atom. The number of carbonyl (C=O) groups excluding carboxylic acids is 5. The molecular weight excluding hydrogens is 938 g/mol. The van der Waals surface area contributed by atoms with E-state index in [0.29, 0.717) is 32.2 Å². The summed E-state index contributed by atoms with van der Waals surface area (Å²) in [6.45, 7) is 8.12. The van der Waals surface area contributed by atoms with Crippen LogP contribution in [0.4, 0.5) is 16.2 Å². The Labute approximate surface area is 392 Å². The number of carbonyl (C=O) groups is 5. The van der Waals surface area contributed by atoms with E-state index in [2.05, 4.69) is 47.0 Å². The molecule has 2 aromatic carbocycles. The van der Waals surface area contributed by atoms with E-state index in [-0.39, 0.29) is 92.9 Å². The van der Waals surface area contributed by atoms with Crippen LogP contribution in [0.2, 0.25) is 20.1 Å². The molecule has 4 heterocycles. The SMILES string of the molecule is C.C.CC(C)(C)OC(=O)N1CCC(NC(=O)c2[nH]ncc2NC(=O)c2c(Cl)cccc2Cl)CC1.CS(=O)(=O)O.O=C(NC1CCNCC1)c1[nH]ncc1NC(=O)c1c(Cl)cccc1Cl. The van der Waals surface area contributed by atoms with E-state index in [9.17, 15) is 32.4 Å². The van der Waals surface area contributed by atoms with Gasteiger partial charge in [-0.2, -0.15) is 18.6 Å². The van der Waals surface area contributed by atoms with Crippen LogP contribution < -0.4 is 26.6 Å². The van der Waals surface area contributed by atoms with Crippen LogP contribution in [0.1, 0.15) is 103 Å². The fourth-order valence-electron chi connectivity index (χ4n) is 5.92. The third kappa shape index (κ3) is 17.2. The fourth-order valence-corrected chi connectivity index (χ4v) is 7.06. The lowest BCUT2D eigenvalue weighted by molar-refractivity contribution is 0.0199. The van der Waals surface area contributed by atoms with Gasteiger partial charge in [-0.05, 0) is 83.8 Å². The highest BCUT2D eigenvalue weighted by Gasteiger charge is 2.29. The maximum absolute atomic E-state index is 12.8. The standard InChI is InChI=1S/C21H25Cl2N5O4.C16H17Cl2N5O2.CH4O3S.2CH4/c1-21(2,3)32-20(31)28-9-7-12(8-10-28)25-19(30)17-15(11-24-27-17)26-18(29)16-13(22)5-4-6-14(16)23;17-10-2-1-3-11(18)13(10)15(24)22-12-8-20-23-14(12)16(25)21-9-4-6-19-7-5-9;1-5(2,3)4;;/h4-6,11-12H,7-10H2,1-3H3,(H,24,27)(H,25,30)(H,26,29);1-3,8-9,19H,4-7H2,(H,20,23)(H,21,25)(H,22,24);1H3,(H,2,3,4);2*1H4. The summed E-state index contributed by atoms with van der Waals surface area (Å²) in [5, 5.41) is 28.1. The zero-order valence-electron chi connectivity index (χ0n) is 33.9. The molecule has 2 aliphatic rings. The molecule has 64 heavy (non-hydrogen) atoms. The number of anilines is 2. The van der Waals surface area contributed by atoms with Crippen LogP contribution in [0.3, 0.4) is 0 Å². The van der Waals surface area contributed by atoms with Gasteiger partial charge in [0.15, 0.2) is 0 Å². The largest absolute Gasteiger partial charge is 0.444 e. The second-order valence-corrected chi connectivity index (χ2v) is 18.0. The molecule has 2 aromatic heterocycles. The zero-order valence-corrected chi connectivity index (χ0v) is 37.7. The topological polar surface area (TPSA) is 270 Å². The molecule has 0 atom stereocenters. The van der Waals surface area contributed by atoms with Crippen molar-refractivity contribution in [1.29, 1.82) is 0 Å². The summed E-state index contributed by atoms with van der Waals surface area (Å²) in [5.74, 6) is -1.79. The average Bonchev–Trinajstić information content (AvgIpc) is 3.84. The van der Waals surface area contributed by atoms with Gasteiger partial charge in [0, 0.05) is 25.2 Å². The minimum absolute atomic E-state index is 0. The molecule has 19 nitrogen and oxygen atoms in total. The highest BCUT2D eigenvalue weighted by Crippen LogP contribution is 2.27. The maximum atomic E-state index is 12.8. The van der Waals surface area contributed by atoms with Gasteiger partial charge in [-0.3, -0.25) is 33.9 Å². The minimum Gasteiger partial charge on any atom is -0.444 e. The summed E-state index contributed by atoms with van der Waals surface area (Å²) in [7, 11) is -3.67. The zero-order chi connectivity index (χ0) is 45.8. The van der Waals surface area contributed by atoms with Gasteiger partial charge in [0.1, 0.15) is 17.0 Å². The van der Waals surface area contributed by atoms with Crippen LogP contribution in [0, 0.1) is 0 Å². The highest BCUT2D eigenvalue weighted by atomic mass is 35.5. The third-order valence-electron chi connectivity index (χ3n) is 8.77. The molecule has 4 aromatic rings. The fraction of sp³-hybridized carbons (Fsp3) is 0.425. The van der Waals surface area contributed by atoms with E-state index in [1.165, 1.54) is 12.4 Å². The number of likely N-dealkylation sites (tertiary alicyclic amines) is 1. The van der Waals surface area contributed by atoms with Crippen LogP contribution >= 0.6 is 46.4 Å². The number of piperidine rings is 2. The quantitative estimate of drug-likeness (QED) is 0.0807. The van der Waals surface area contributed by atoms with Gasteiger partial charge in [0.05, 0.1) is 61.2 Å². The van der Waals surface area contributed by atoms with Crippen LogP contribution in [0.15, 0.2) is 48.8 Å². The van der Waals surface area contributed by atoms with Crippen LogP contribution in [0.5, 0.6) is 0 Å². The van der Waals surface area contributed by atoms with Crippen LogP contribution in [-0.2, 0) is 14.9 Å². The molecule has 2 saturated heterocycles. The van der Waals surface area contributed by atoms with Crippen molar-refractivity contribution in [3.63, 3.8) is 0 Å². The highest BCUT2D eigenvalue weighted by molar-refractivity contribution is 7.85. The molecular formula is C40H54Cl4N10O9S. The number of hydrogen-bond donors (Lipinski definition) is 8. The molecule has 2 aliphatic heterocycles. The van der Waals surface area contributed by atoms with Crippen LogP contribution in [-0.4, -0.2) is 118 Å². The first-order chi connectivity index (χ1) is 29.1. The van der Waals surface area contributed by atoms with Gasteiger partial charge in [-0.15, -0.1) is 0 Å². The number of H-pyrrole nitrogens is 2. The Bertz CT molecular complexity index is 2290. The first kappa shape index (κ1) is 55.2. The summed E-state index contributed by atoms with van der Waals surface area (Å²) >= 11 is 24.2. The lowest BCUT2D eigenvalue weighted by Crippen LogP contribution is -2.47. The van der Waals surface area contributed by atoms with Crippen molar-refractivity contribution < 1.29 is 41.7 Å². The van der Waals surface area contributed by atoms with E-state index in [1.807, 2.05) is 20.8 Å². The molecule has 0 bridgehead atoms. The van der Waals surface area contributed by atoms with Gasteiger partial charge in [-0.25, -0.2) is 4.79 Å². The lowest BCUT2D eigenvalue weighted by Gasteiger charge is -2.33. The Hall–Kier alpha value is -4.96. The van der Waals surface area contributed by atoms with Crippen molar-refractivity contribution in [1.82, 2.24) is 41.2 Å². The van der Waals surface area contributed by atoms with Crippen molar-refractivity contribution in [2.75, 3.05) is 43.1 Å². The van der Waals surface area contributed by atoms with Crippen molar-refractivity contribution in [3.05, 3.63) is 91.4 Å². The molecule has 0 saturated carbocycles. The van der Waals surface area contributed by atoms with Gasteiger partial charge >= 0.3 is 6.09 Å². The second kappa shape index (κ2) is 24.9. The van der Waals surface area contributed by atoms with E-state index >= 15 is 0 Å². The molecule has 0 unspecified atom stereocenters. The lowest BCUT2D eigenvalue weighted by atomic mass is 10.1. The van der Waals surface area contributed by atoms with Crippen molar-refractivity contribution in [3.8, 4) is 0 Å². The summed E-state index contributed by atoms with van der Waals surface area (Å²) in [6.07, 6.45) is 5.94. The number of amides is 5. The third-order valence-corrected chi connectivity index (χ3v) is 10.0. The Morgan fingerprint density at radius 2 is 1.06 bits per heavy atom. The number of aromatic amines is 2. The Morgan fingerprint density at radius 1 is 0.703 bits per heavy atom. The van der Waals surface area contributed by atoms with Crippen molar-refractivity contribution in [2.24, 2.45) is 0 Å². The molecule has 8 N–H and O–H groups in total. The normalized spacial score (nSPS) is 14.1. The number of rotatable bonds is 8. The van der Waals surface area contributed by atoms with Crippen LogP contribution in [0.25, 0.3) is 0 Å². The van der Waals surface area contributed by atoms with Crippen molar-refractivity contribution in [2.45, 2.75) is 79.0 Å². The number of aromatic nitrogens is 4. The number of nitrogens with zero attached hydrogens (tertiary/aromatic N) is 3. The van der Waals surface area contributed by atoms with Gasteiger partial charge in [-0.1, -0.05) is 73.4 Å². The molecule has 0 spiro atoms. The van der Waals surface area contributed by atoms with E-state index in [1.54, 1.807) is 41.3 Å². The monoisotopic (exact) mass is 990 g/mol. The summed E-state index contributed by atoms with van der Waals surface area (Å²) < 4.78 is 31.3. The summed E-state index contributed by atoms with van der Waals surface area (Å²) in [6, 6.07) is 9.49. The predicted octanol–water partition coefficient (Wildman–Crippen LogP) is 7.32. The minimum atomic E-state index is -3.67. The Kier molecular flexibility index (Phi) is 21.5. The number of nitrogens with one attached hydrogen (secondary N) is 7. The average molecular weight is 993 g/mol. The number of halogens is 4. The van der Waals surface area contributed by atoms with E-state index < -0.39 is 33.4 Å². The maximum Gasteiger partial charge on any atom is 0.410 e. The Balaban J connectivity index is 0.000000395. The van der Waals surface area contributed by atoms with Crippen molar-refractivity contribution >= 4 is 97.6 Å². The summed E-state index contributed by atoms with van der Waals surface area (Å²) in [4.78, 5) is 64.1. The molecule has 24 heteroatoms. The first-order valence-corrected chi connectivity index (χ1v) is 22.3. The van der Waals surface area contributed by atoms with E-state index in [4.69, 9.17) is 55.7 Å². The number of ether oxygens (including phenoxy) is 1. The molecule has 0 radical (unpaired) electrons. The molecule has 5 amide bonds. The predicted molar refractivity (Wildman–Crippen MR) is 249 cm³/mol. The van der Waals surface area contributed by atoms with E-state index in [0.717, 1.165) is 25.9 Å². The molecule has 2 fully saturated rings. The van der Waals surface area contributed by atoms with Gasteiger partial charge in [0.25, 0.3) is 33.7 Å². The smallest absolute Gasteiger partial charge is 0.410 e. The van der Waals surface area contributed by atoms with Gasteiger partial charge < -0.3 is 36.2 Å². The molecule has 352 valence electrons.